The highest BCUT2D eigenvalue weighted by Gasteiger charge is 2.42. The summed E-state index contributed by atoms with van der Waals surface area (Å²) in [6.45, 7) is 7.76. The average molecular weight is 497 g/mol. The van der Waals surface area contributed by atoms with Gasteiger partial charge in [0.25, 0.3) is 0 Å². The summed E-state index contributed by atoms with van der Waals surface area (Å²) in [5.41, 5.74) is 7.05. The van der Waals surface area contributed by atoms with Gasteiger partial charge in [-0.1, -0.05) is 12.1 Å². The van der Waals surface area contributed by atoms with Crippen LogP contribution in [0.15, 0.2) is 73.1 Å². The number of nitrogens with zero attached hydrogens (tertiary/aromatic N) is 4. The maximum Gasteiger partial charge on any atom is 0.221 e. The average Bonchev–Trinajstić information content (AvgIpc) is 3.35. The van der Waals surface area contributed by atoms with Gasteiger partial charge in [0.2, 0.25) is 5.91 Å². The van der Waals surface area contributed by atoms with Crippen molar-refractivity contribution in [1.82, 2.24) is 19.9 Å². The van der Waals surface area contributed by atoms with Gasteiger partial charge >= 0.3 is 0 Å². The molecule has 0 bridgehead atoms. The maximum absolute atomic E-state index is 11.5. The molecule has 0 aliphatic carbocycles. The fraction of sp³-hybridized carbons (Fsp3) is 0.214. The second kappa shape index (κ2) is 9.54. The van der Waals surface area contributed by atoms with E-state index in [1.54, 1.807) is 0 Å². The number of pyridine rings is 2. The third-order valence-electron chi connectivity index (χ3n) is 6.48. The smallest absolute Gasteiger partial charge is 0.221 e. The van der Waals surface area contributed by atoms with Crippen LogP contribution in [0.1, 0.15) is 47.2 Å². The summed E-state index contributed by atoms with van der Waals surface area (Å²) >= 11 is 5.87. The summed E-state index contributed by atoms with van der Waals surface area (Å²) in [5.74, 6) is 0.780. The van der Waals surface area contributed by atoms with Gasteiger partial charge in [-0.05, 0) is 92.6 Å². The van der Waals surface area contributed by atoms with E-state index in [0.717, 1.165) is 45.4 Å². The van der Waals surface area contributed by atoms with Crippen LogP contribution in [0.4, 0.5) is 11.4 Å². The van der Waals surface area contributed by atoms with Crippen molar-refractivity contribution in [3.63, 3.8) is 0 Å². The summed E-state index contributed by atoms with van der Waals surface area (Å²) in [6, 6.07) is 19.7. The van der Waals surface area contributed by atoms with Crippen molar-refractivity contribution in [3.05, 3.63) is 101 Å². The minimum Gasteiger partial charge on any atom is -0.351 e. The number of thiocarbonyl (C=S) groups is 1. The molecule has 5 rings (SSSR count). The van der Waals surface area contributed by atoms with Gasteiger partial charge in [-0.2, -0.15) is 0 Å². The van der Waals surface area contributed by atoms with E-state index in [-0.39, 0.29) is 18.0 Å². The van der Waals surface area contributed by atoms with E-state index < -0.39 is 0 Å². The normalized spacial score (nSPS) is 17.2. The highest BCUT2D eigenvalue weighted by Crippen LogP contribution is 2.43. The number of carbonyl (C=O) groups is 1. The van der Waals surface area contributed by atoms with Crippen LogP contribution in [0.25, 0.3) is 5.82 Å². The summed E-state index contributed by atoms with van der Waals surface area (Å²) in [5, 5.41) is 6.97. The molecule has 0 unspecified atom stereocenters. The molecule has 182 valence electrons. The van der Waals surface area contributed by atoms with Gasteiger partial charge in [0.1, 0.15) is 5.82 Å². The molecule has 2 atom stereocenters. The first kappa shape index (κ1) is 23.7. The van der Waals surface area contributed by atoms with Crippen LogP contribution in [-0.4, -0.2) is 25.6 Å². The lowest BCUT2D eigenvalue weighted by molar-refractivity contribution is -0.114. The fourth-order valence-corrected chi connectivity index (χ4v) is 5.24. The number of aromatic nitrogens is 3. The molecule has 1 saturated heterocycles. The molecular formula is C28H28N6OS. The Bertz CT molecular complexity index is 1410. The Morgan fingerprint density at radius 2 is 1.81 bits per heavy atom. The molecule has 0 spiro atoms. The standard InChI is InChI=1S/C28H28N6OS/c1-17-8-13-25(30-16-17)33-18(2)15-23(19(33)3)27-26(24-7-5-6-14-29-24)32-28(36)34(27)22-11-9-21(10-12-22)31-20(4)35/h5-16,26-27H,1-4H3,(H,31,35)(H,32,36)/t26-,27+/m1/s1. The Morgan fingerprint density at radius 1 is 1.03 bits per heavy atom. The summed E-state index contributed by atoms with van der Waals surface area (Å²) in [7, 11) is 0. The molecule has 4 heterocycles. The third-order valence-corrected chi connectivity index (χ3v) is 6.79. The zero-order valence-corrected chi connectivity index (χ0v) is 21.5. The number of benzene rings is 1. The Balaban J connectivity index is 1.62. The molecule has 1 fully saturated rings. The topological polar surface area (TPSA) is 75.1 Å². The van der Waals surface area contributed by atoms with Crippen molar-refractivity contribution in [2.75, 3.05) is 10.2 Å². The highest BCUT2D eigenvalue weighted by atomic mass is 32.1. The van der Waals surface area contributed by atoms with Crippen molar-refractivity contribution < 1.29 is 4.79 Å². The number of carbonyl (C=O) groups excluding carboxylic acids is 1. The molecule has 36 heavy (non-hydrogen) atoms. The first-order valence-corrected chi connectivity index (χ1v) is 12.2. The van der Waals surface area contributed by atoms with E-state index in [9.17, 15) is 4.79 Å². The number of hydrogen-bond acceptors (Lipinski definition) is 4. The van der Waals surface area contributed by atoms with E-state index in [2.05, 4.69) is 56.0 Å². The van der Waals surface area contributed by atoms with E-state index in [0.29, 0.717) is 5.11 Å². The van der Waals surface area contributed by atoms with Gasteiger partial charge in [0, 0.05) is 42.1 Å². The molecular weight excluding hydrogens is 468 g/mol. The van der Waals surface area contributed by atoms with Crippen molar-refractivity contribution in [3.8, 4) is 5.82 Å². The van der Waals surface area contributed by atoms with Gasteiger partial charge in [-0.3, -0.25) is 9.78 Å². The predicted octanol–water partition coefficient (Wildman–Crippen LogP) is 5.33. The second-order valence-corrected chi connectivity index (χ2v) is 9.47. The Morgan fingerprint density at radius 3 is 2.44 bits per heavy atom. The van der Waals surface area contributed by atoms with Crippen LogP contribution >= 0.6 is 12.2 Å². The van der Waals surface area contributed by atoms with E-state index >= 15 is 0 Å². The molecule has 2 N–H and O–H groups in total. The van der Waals surface area contributed by atoms with Crippen LogP contribution in [0.2, 0.25) is 0 Å². The minimum atomic E-state index is -0.145. The minimum absolute atomic E-state index is 0.105. The Hall–Kier alpha value is -4.04. The number of aryl methyl sites for hydroxylation is 2. The Kier molecular flexibility index (Phi) is 6.28. The monoisotopic (exact) mass is 496 g/mol. The largest absolute Gasteiger partial charge is 0.351 e. The SMILES string of the molecule is CC(=O)Nc1ccc(N2C(=S)N[C@H](c3ccccn3)[C@@H]2c2cc(C)n(-c3ccc(C)cn3)c2C)cc1. The van der Waals surface area contributed by atoms with Crippen LogP contribution in [0.5, 0.6) is 0 Å². The molecule has 4 aromatic rings. The van der Waals surface area contributed by atoms with E-state index in [1.165, 1.54) is 6.92 Å². The van der Waals surface area contributed by atoms with E-state index in [4.69, 9.17) is 12.2 Å². The van der Waals surface area contributed by atoms with Crippen molar-refractivity contribution in [1.29, 1.82) is 0 Å². The summed E-state index contributed by atoms with van der Waals surface area (Å²) in [4.78, 5) is 23.0. The van der Waals surface area contributed by atoms with Crippen molar-refractivity contribution >= 4 is 34.6 Å². The fourth-order valence-electron chi connectivity index (χ4n) is 4.89. The third kappa shape index (κ3) is 4.35. The lowest BCUT2D eigenvalue weighted by atomic mass is 9.96. The van der Waals surface area contributed by atoms with Crippen LogP contribution in [-0.2, 0) is 4.79 Å². The molecule has 8 heteroatoms. The first-order valence-electron chi connectivity index (χ1n) is 11.8. The molecule has 1 aliphatic rings. The zero-order valence-electron chi connectivity index (χ0n) is 20.7. The lowest BCUT2D eigenvalue weighted by Gasteiger charge is -2.28. The van der Waals surface area contributed by atoms with Gasteiger partial charge in [-0.25, -0.2) is 4.98 Å². The first-order chi connectivity index (χ1) is 17.3. The van der Waals surface area contributed by atoms with Gasteiger partial charge < -0.3 is 20.1 Å². The second-order valence-electron chi connectivity index (χ2n) is 9.08. The summed E-state index contributed by atoms with van der Waals surface area (Å²) in [6.07, 6.45) is 3.70. The van der Waals surface area contributed by atoms with Crippen LogP contribution < -0.4 is 15.5 Å². The van der Waals surface area contributed by atoms with Crippen molar-refractivity contribution in [2.45, 2.75) is 39.8 Å². The van der Waals surface area contributed by atoms with Crippen LogP contribution in [0, 0.1) is 20.8 Å². The number of hydrogen-bond donors (Lipinski definition) is 2. The predicted molar refractivity (Wildman–Crippen MR) is 146 cm³/mol. The molecule has 0 saturated carbocycles. The number of nitrogens with one attached hydrogen (secondary N) is 2. The van der Waals surface area contributed by atoms with E-state index in [1.807, 2.05) is 67.8 Å². The number of anilines is 2. The summed E-state index contributed by atoms with van der Waals surface area (Å²) < 4.78 is 2.18. The number of amides is 1. The van der Waals surface area contributed by atoms with Gasteiger partial charge in [-0.15, -0.1) is 0 Å². The molecule has 1 amide bonds. The lowest BCUT2D eigenvalue weighted by Crippen LogP contribution is -2.29. The molecule has 1 aromatic carbocycles. The molecule has 7 nitrogen and oxygen atoms in total. The molecule has 3 aromatic heterocycles. The molecule has 1 aliphatic heterocycles. The van der Waals surface area contributed by atoms with Gasteiger partial charge in [0.15, 0.2) is 5.11 Å². The number of rotatable bonds is 5. The quantitative estimate of drug-likeness (QED) is 0.364. The Labute approximate surface area is 216 Å². The highest BCUT2D eigenvalue weighted by molar-refractivity contribution is 7.80. The maximum atomic E-state index is 11.5. The van der Waals surface area contributed by atoms with Crippen LogP contribution in [0.3, 0.4) is 0 Å². The zero-order chi connectivity index (χ0) is 25.4. The van der Waals surface area contributed by atoms with Gasteiger partial charge in [0.05, 0.1) is 17.8 Å². The van der Waals surface area contributed by atoms with Crippen molar-refractivity contribution in [2.24, 2.45) is 0 Å². The molecule has 0 radical (unpaired) electrons.